The van der Waals surface area contributed by atoms with Gasteiger partial charge in [-0.05, 0) is 18.1 Å². The Balaban J connectivity index is 1.80. The zero-order valence-corrected chi connectivity index (χ0v) is 12.1. The van der Waals surface area contributed by atoms with Crippen LogP contribution in [-0.2, 0) is 17.8 Å². The van der Waals surface area contributed by atoms with Crippen LogP contribution in [0.5, 0.6) is 5.75 Å². The van der Waals surface area contributed by atoms with Gasteiger partial charge in [0.1, 0.15) is 5.75 Å². The number of hydrogen-bond acceptors (Lipinski definition) is 5. The third-order valence-corrected chi connectivity index (χ3v) is 3.57. The molecule has 1 aromatic carbocycles. The van der Waals surface area contributed by atoms with Gasteiger partial charge in [-0.15, -0.1) is 11.3 Å². The number of aryl methyl sites for hydroxylation is 1. The molecule has 1 amide bonds. The van der Waals surface area contributed by atoms with E-state index in [4.69, 9.17) is 10.5 Å². The minimum absolute atomic E-state index is 0.0116. The Morgan fingerprint density at radius 2 is 2.25 bits per heavy atom. The van der Waals surface area contributed by atoms with Gasteiger partial charge >= 0.3 is 0 Å². The molecular formula is C14H17N3O2S. The van der Waals surface area contributed by atoms with Crippen molar-refractivity contribution >= 4 is 22.4 Å². The van der Waals surface area contributed by atoms with Crippen molar-refractivity contribution in [1.82, 2.24) is 10.3 Å². The number of amides is 1. The molecule has 3 N–H and O–H groups in total. The van der Waals surface area contributed by atoms with Crippen LogP contribution in [0, 0.1) is 0 Å². The van der Waals surface area contributed by atoms with Gasteiger partial charge in [-0.25, -0.2) is 4.98 Å². The molecule has 1 heterocycles. The van der Waals surface area contributed by atoms with Crippen LogP contribution >= 0.6 is 11.3 Å². The molecule has 0 aliphatic rings. The highest BCUT2D eigenvalue weighted by molar-refractivity contribution is 7.13. The van der Waals surface area contributed by atoms with Gasteiger partial charge in [-0.3, -0.25) is 4.79 Å². The number of nitrogens with one attached hydrogen (secondary N) is 1. The second kappa shape index (κ2) is 6.91. The number of carbonyl (C=O) groups excluding carboxylic acids is 1. The molecule has 6 heteroatoms. The van der Waals surface area contributed by atoms with Crippen molar-refractivity contribution in [3.05, 3.63) is 40.9 Å². The average molecular weight is 291 g/mol. The molecule has 1 aromatic heterocycles. The van der Waals surface area contributed by atoms with Crippen LogP contribution in [0.4, 0.5) is 5.13 Å². The van der Waals surface area contributed by atoms with Crippen molar-refractivity contribution in [3.8, 4) is 5.75 Å². The predicted octanol–water partition coefficient (Wildman–Crippen LogP) is 1.98. The standard InChI is InChI=1S/C14H17N3O2S/c1-19-12-5-3-2-4-10(12)6-7-13(18)16-8-11-9-20-14(15)17-11/h2-5,9H,6-8H2,1H3,(H2,15,17)(H,16,18). The van der Waals surface area contributed by atoms with Crippen LogP contribution in [0.25, 0.3) is 0 Å². The van der Waals surface area contributed by atoms with Crippen molar-refractivity contribution in [3.63, 3.8) is 0 Å². The molecule has 0 aliphatic heterocycles. The summed E-state index contributed by atoms with van der Waals surface area (Å²) in [5, 5.41) is 5.19. The van der Waals surface area contributed by atoms with E-state index in [1.165, 1.54) is 11.3 Å². The molecule has 0 aliphatic carbocycles. The SMILES string of the molecule is COc1ccccc1CCC(=O)NCc1csc(N)n1. The fourth-order valence-electron chi connectivity index (χ4n) is 1.84. The van der Waals surface area contributed by atoms with Crippen molar-refractivity contribution < 1.29 is 9.53 Å². The highest BCUT2D eigenvalue weighted by Gasteiger charge is 2.07. The molecule has 0 bridgehead atoms. The van der Waals surface area contributed by atoms with Crippen molar-refractivity contribution in [2.45, 2.75) is 19.4 Å². The van der Waals surface area contributed by atoms with Crippen LogP contribution in [0.15, 0.2) is 29.6 Å². The summed E-state index contributed by atoms with van der Waals surface area (Å²) in [5.41, 5.74) is 7.35. The first kappa shape index (κ1) is 14.3. The van der Waals surface area contributed by atoms with Gasteiger partial charge in [0.25, 0.3) is 0 Å². The molecule has 5 nitrogen and oxygen atoms in total. The zero-order chi connectivity index (χ0) is 14.4. The van der Waals surface area contributed by atoms with Crippen LogP contribution in [0.1, 0.15) is 17.7 Å². The lowest BCUT2D eigenvalue weighted by atomic mass is 10.1. The molecule has 0 saturated heterocycles. The molecule has 2 aromatic rings. The zero-order valence-electron chi connectivity index (χ0n) is 11.3. The number of anilines is 1. The van der Waals surface area contributed by atoms with Gasteiger partial charge in [0.15, 0.2) is 5.13 Å². The summed E-state index contributed by atoms with van der Waals surface area (Å²) < 4.78 is 5.26. The van der Waals surface area contributed by atoms with E-state index in [1.807, 2.05) is 29.6 Å². The number of aromatic nitrogens is 1. The van der Waals surface area contributed by atoms with E-state index in [-0.39, 0.29) is 5.91 Å². The Kier molecular flexibility index (Phi) is 4.95. The highest BCUT2D eigenvalue weighted by Crippen LogP contribution is 2.18. The summed E-state index contributed by atoms with van der Waals surface area (Å²) in [5.74, 6) is 0.801. The summed E-state index contributed by atoms with van der Waals surface area (Å²) in [6.45, 7) is 0.415. The van der Waals surface area contributed by atoms with Crippen LogP contribution < -0.4 is 15.8 Å². The summed E-state index contributed by atoms with van der Waals surface area (Å²) in [6.07, 6.45) is 1.06. The van der Waals surface area contributed by atoms with Gasteiger partial charge in [0, 0.05) is 11.8 Å². The number of methoxy groups -OCH3 is 1. The number of carbonyl (C=O) groups is 1. The molecule has 106 valence electrons. The maximum Gasteiger partial charge on any atom is 0.220 e. The lowest BCUT2D eigenvalue weighted by molar-refractivity contribution is -0.121. The number of thiazole rings is 1. The molecule has 0 radical (unpaired) electrons. The van der Waals surface area contributed by atoms with E-state index in [2.05, 4.69) is 10.3 Å². The lowest BCUT2D eigenvalue weighted by Crippen LogP contribution is -2.23. The summed E-state index contributed by atoms with van der Waals surface area (Å²) in [7, 11) is 1.63. The van der Waals surface area contributed by atoms with Gasteiger partial charge in [-0.2, -0.15) is 0 Å². The van der Waals surface area contributed by atoms with Crippen LogP contribution in [0.2, 0.25) is 0 Å². The second-order valence-electron chi connectivity index (χ2n) is 4.27. The molecule has 20 heavy (non-hydrogen) atoms. The first-order valence-corrected chi connectivity index (χ1v) is 7.15. The number of hydrogen-bond donors (Lipinski definition) is 2. The van der Waals surface area contributed by atoms with Gasteiger partial charge in [0.2, 0.25) is 5.91 Å². The fraction of sp³-hybridized carbons (Fsp3) is 0.286. The quantitative estimate of drug-likeness (QED) is 0.853. The van der Waals surface area contributed by atoms with Gasteiger partial charge < -0.3 is 15.8 Å². The van der Waals surface area contributed by atoms with E-state index >= 15 is 0 Å². The Morgan fingerprint density at radius 1 is 1.45 bits per heavy atom. The summed E-state index contributed by atoms with van der Waals surface area (Å²) in [6, 6.07) is 7.71. The Hall–Kier alpha value is -2.08. The van der Waals surface area contributed by atoms with E-state index in [9.17, 15) is 4.79 Å². The first-order chi connectivity index (χ1) is 9.69. The van der Waals surface area contributed by atoms with E-state index in [1.54, 1.807) is 7.11 Å². The maximum absolute atomic E-state index is 11.8. The predicted molar refractivity (Wildman–Crippen MR) is 79.7 cm³/mol. The molecule has 0 spiro atoms. The number of nitrogen functional groups attached to an aromatic ring is 1. The molecule has 0 fully saturated rings. The molecule has 0 atom stereocenters. The Morgan fingerprint density at radius 3 is 2.95 bits per heavy atom. The molecule has 2 rings (SSSR count). The van der Waals surface area contributed by atoms with Crippen molar-refractivity contribution in [2.75, 3.05) is 12.8 Å². The molecule has 0 unspecified atom stereocenters. The van der Waals surface area contributed by atoms with Crippen molar-refractivity contribution in [2.24, 2.45) is 0 Å². The van der Waals surface area contributed by atoms with E-state index in [0.29, 0.717) is 24.5 Å². The van der Waals surface area contributed by atoms with E-state index in [0.717, 1.165) is 17.0 Å². The van der Waals surface area contributed by atoms with Crippen LogP contribution in [0.3, 0.4) is 0 Å². The number of rotatable bonds is 6. The Labute approximate surface area is 121 Å². The van der Waals surface area contributed by atoms with Crippen LogP contribution in [-0.4, -0.2) is 18.0 Å². The van der Waals surface area contributed by atoms with Gasteiger partial charge in [0.05, 0.1) is 19.3 Å². The first-order valence-electron chi connectivity index (χ1n) is 6.27. The summed E-state index contributed by atoms with van der Waals surface area (Å²) in [4.78, 5) is 15.9. The topological polar surface area (TPSA) is 77.2 Å². The second-order valence-corrected chi connectivity index (χ2v) is 5.16. The van der Waals surface area contributed by atoms with E-state index < -0.39 is 0 Å². The smallest absolute Gasteiger partial charge is 0.220 e. The molecule has 0 saturated carbocycles. The number of nitrogens with zero attached hydrogens (tertiary/aromatic N) is 1. The lowest BCUT2D eigenvalue weighted by Gasteiger charge is -2.08. The Bertz CT molecular complexity index is 583. The monoisotopic (exact) mass is 291 g/mol. The number of benzene rings is 1. The highest BCUT2D eigenvalue weighted by atomic mass is 32.1. The minimum atomic E-state index is -0.0116. The number of para-hydroxylation sites is 1. The normalized spacial score (nSPS) is 10.2. The third kappa shape index (κ3) is 3.96. The average Bonchev–Trinajstić information content (AvgIpc) is 2.89. The number of ether oxygens (including phenoxy) is 1. The fourth-order valence-corrected chi connectivity index (χ4v) is 2.40. The largest absolute Gasteiger partial charge is 0.496 e. The third-order valence-electron chi connectivity index (χ3n) is 2.85. The number of nitrogens with two attached hydrogens (primary N) is 1. The molecular weight excluding hydrogens is 274 g/mol. The van der Waals surface area contributed by atoms with Crippen molar-refractivity contribution in [1.29, 1.82) is 0 Å². The minimum Gasteiger partial charge on any atom is -0.496 e. The summed E-state index contributed by atoms with van der Waals surface area (Å²) >= 11 is 1.37. The maximum atomic E-state index is 11.8. The van der Waals surface area contributed by atoms with Gasteiger partial charge in [-0.1, -0.05) is 18.2 Å².